The first-order valence-corrected chi connectivity index (χ1v) is 15.9. The molecule has 0 amide bonds. The average molecular weight is 585 g/mol. The molecule has 1 atom stereocenters. The number of rotatable bonds is 3. The van der Waals surface area contributed by atoms with Crippen LogP contribution >= 0.6 is 0 Å². The molecule has 0 saturated heterocycles. The van der Waals surface area contributed by atoms with Crippen molar-refractivity contribution in [3.63, 3.8) is 0 Å². The normalized spacial score (nSPS) is 15.7. The number of fused-ring (bicyclic) bond motifs is 6. The van der Waals surface area contributed by atoms with Gasteiger partial charge in [-0.15, -0.1) is 0 Å². The molecule has 1 aliphatic carbocycles. The molecule has 0 aromatic heterocycles. The van der Waals surface area contributed by atoms with Gasteiger partial charge in [0, 0.05) is 10.9 Å². The summed E-state index contributed by atoms with van der Waals surface area (Å²) in [5.74, 6) is 1.82. The predicted molar refractivity (Wildman–Crippen MR) is 190 cm³/mol. The second-order valence-corrected chi connectivity index (χ2v) is 12.5. The first-order valence-electron chi connectivity index (χ1n) is 15.9. The molecule has 10 rings (SSSR count). The molecule has 1 unspecified atom stereocenters. The average Bonchev–Trinajstić information content (AvgIpc) is 3.41. The summed E-state index contributed by atoms with van der Waals surface area (Å²) in [7, 11) is 0. The Kier molecular flexibility index (Phi) is 5.27. The van der Waals surface area contributed by atoms with Crippen molar-refractivity contribution in [2.24, 2.45) is 0 Å². The van der Waals surface area contributed by atoms with Crippen LogP contribution in [0.2, 0.25) is 0 Å². The Labute approximate surface area is 268 Å². The van der Waals surface area contributed by atoms with Crippen LogP contribution in [0.3, 0.4) is 0 Å². The van der Waals surface area contributed by atoms with E-state index >= 15 is 0 Å². The number of benzene rings is 8. The van der Waals surface area contributed by atoms with Gasteiger partial charge in [0.1, 0.15) is 11.5 Å². The monoisotopic (exact) mass is 584 g/mol. The molecule has 8 aromatic carbocycles. The Morgan fingerprint density at radius 3 is 1.91 bits per heavy atom. The van der Waals surface area contributed by atoms with Gasteiger partial charge in [0.25, 0.3) is 0 Å². The van der Waals surface area contributed by atoms with Crippen molar-refractivity contribution < 1.29 is 4.74 Å². The quantitative estimate of drug-likeness (QED) is 0.201. The summed E-state index contributed by atoms with van der Waals surface area (Å²) < 4.78 is 6.43. The van der Waals surface area contributed by atoms with E-state index in [0.29, 0.717) is 0 Å². The molecule has 0 fully saturated rings. The van der Waals surface area contributed by atoms with Gasteiger partial charge >= 0.3 is 0 Å². The highest BCUT2D eigenvalue weighted by atomic mass is 16.5. The fraction of sp³-hybridized carbons (Fsp3) is 0.0222. The van der Waals surface area contributed by atoms with Gasteiger partial charge < -0.3 is 4.74 Å². The van der Waals surface area contributed by atoms with Crippen LogP contribution in [0.1, 0.15) is 22.3 Å². The highest BCUT2D eigenvalue weighted by molar-refractivity contribution is 6.04. The highest BCUT2D eigenvalue weighted by Gasteiger charge is 2.46. The first kappa shape index (κ1) is 25.4. The van der Waals surface area contributed by atoms with Crippen molar-refractivity contribution in [2.45, 2.75) is 5.41 Å². The van der Waals surface area contributed by atoms with Gasteiger partial charge in [-0.1, -0.05) is 133 Å². The Bertz CT molecular complexity index is 2500. The molecule has 2 aliphatic rings. The van der Waals surface area contributed by atoms with Crippen LogP contribution in [-0.4, -0.2) is 0 Å². The van der Waals surface area contributed by atoms with Crippen LogP contribution in [0.4, 0.5) is 0 Å². The molecule has 1 heterocycles. The molecule has 0 N–H and O–H groups in total. The minimum absolute atomic E-state index is 0.463. The van der Waals surface area contributed by atoms with E-state index in [1.807, 2.05) is 0 Å². The summed E-state index contributed by atoms with van der Waals surface area (Å²) >= 11 is 0. The van der Waals surface area contributed by atoms with Crippen molar-refractivity contribution >= 4 is 21.5 Å². The molecular weight excluding hydrogens is 556 g/mol. The van der Waals surface area contributed by atoms with E-state index in [-0.39, 0.29) is 0 Å². The summed E-state index contributed by atoms with van der Waals surface area (Å²) in [6, 6.07) is 62.2. The number of hydrogen-bond acceptors (Lipinski definition) is 1. The highest BCUT2D eigenvalue weighted by Crippen LogP contribution is 2.57. The minimum atomic E-state index is -0.463. The van der Waals surface area contributed by atoms with Crippen LogP contribution < -0.4 is 4.74 Å². The SMILES string of the molecule is c1ccc(C2(c3cccc(-c4ccc5c(c4)-c4cccc6cccc(c46)O5)c3)c3ccccc3-c3cc4ccccc4cc32)cc1. The molecule has 214 valence electrons. The third-order valence-electron chi connectivity index (χ3n) is 10.1. The van der Waals surface area contributed by atoms with Crippen molar-refractivity contribution in [1.29, 1.82) is 0 Å². The van der Waals surface area contributed by atoms with E-state index in [1.54, 1.807) is 0 Å². The zero-order valence-corrected chi connectivity index (χ0v) is 25.1. The van der Waals surface area contributed by atoms with Gasteiger partial charge in [0.05, 0.1) is 5.41 Å². The molecule has 46 heavy (non-hydrogen) atoms. The second-order valence-electron chi connectivity index (χ2n) is 12.5. The fourth-order valence-electron chi connectivity index (χ4n) is 8.12. The van der Waals surface area contributed by atoms with Crippen molar-refractivity contribution in [3.8, 4) is 44.9 Å². The topological polar surface area (TPSA) is 9.23 Å². The molecule has 1 heteroatoms. The van der Waals surface area contributed by atoms with E-state index in [2.05, 4.69) is 170 Å². The zero-order chi connectivity index (χ0) is 30.2. The van der Waals surface area contributed by atoms with E-state index < -0.39 is 5.41 Å². The van der Waals surface area contributed by atoms with E-state index in [0.717, 1.165) is 17.1 Å². The lowest BCUT2D eigenvalue weighted by Crippen LogP contribution is -2.28. The van der Waals surface area contributed by atoms with Gasteiger partial charge in [0.15, 0.2) is 0 Å². The molecule has 0 radical (unpaired) electrons. The standard InChI is InChI=1S/C45H28O/c1-2-16-34(17-3-1)45(40-21-7-6-19-36(40)38-26-31-11-4-5-12-32(31)28-41(38)45)35-18-8-15-30(25-35)33-23-24-42-39(27-33)37-20-9-13-29-14-10-22-43(46-42)44(29)37/h1-28H. The lowest BCUT2D eigenvalue weighted by molar-refractivity contribution is 0.487. The fourth-order valence-corrected chi connectivity index (χ4v) is 8.12. The van der Waals surface area contributed by atoms with Crippen LogP contribution in [0.5, 0.6) is 11.5 Å². The van der Waals surface area contributed by atoms with Gasteiger partial charge in [0.2, 0.25) is 0 Å². The molecule has 8 aromatic rings. The van der Waals surface area contributed by atoms with Gasteiger partial charge in [-0.05, 0) is 103 Å². The van der Waals surface area contributed by atoms with Gasteiger partial charge in [-0.2, -0.15) is 0 Å². The zero-order valence-electron chi connectivity index (χ0n) is 25.1. The largest absolute Gasteiger partial charge is 0.456 e. The maximum absolute atomic E-state index is 6.43. The van der Waals surface area contributed by atoms with Crippen LogP contribution in [0.15, 0.2) is 170 Å². The van der Waals surface area contributed by atoms with E-state index in [1.165, 1.54) is 71.6 Å². The summed E-state index contributed by atoms with van der Waals surface area (Å²) in [4.78, 5) is 0. The lowest BCUT2D eigenvalue weighted by Gasteiger charge is -2.34. The van der Waals surface area contributed by atoms with Crippen LogP contribution in [-0.2, 0) is 5.41 Å². The minimum Gasteiger partial charge on any atom is -0.456 e. The van der Waals surface area contributed by atoms with E-state index in [9.17, 15) is 0 Å². The van der Waals surface area contributed by atoms with Gasteiger partial charge in [-0.3, -0.25) is 0 Å². The molecule has 1 nitrogen and oxygen atoms in total. The molecule has 0 saturated carbocycles. The Balaban J connectivity index is 1.22. The smallest absolute Gasteiger partial charge is 0.135 e. The molecule has 0 bridgehead atoms. The van der Waals surface area contributed by atoms with Crippen molar-refractivity contribution in [3.05, 3.63) is 192 Å². The van der Waals surface area contributed by atoms with Crippen molar-refractivity contribution in [1.82, 2.24) is 0 Å². The lowest BCUT2D eigenvalue weighted by atomic mass is 9.67. The summed E-state index contributed by atoms with van der Waals surface area (Å²) in [5, 5.41) is 4.90. The third-order valence-corrected chi connectivity index (χ3v) is 10.1. The van der Waals surface area contributed by atoms with Gasteiger partial charge in [-0.25, -0.2) is 0 Å². The predicted octanol–water partition coefficient (Wildman–Crippen LogP) is 11.8. The summed E-state index contributed by atoms with van der Waals surface area (Å²) in [5.41, 5.74) is 12.1. The number of ether oxygens (including phenoxy) is 1. The molecular formula is C45H28O. The van der Waals surface area contributed by atoms with Crippen LogP contribution in [0.25, 0.3) is 54.9 Å². The van der Waals surface area contributed by atoms with Crippen LogP contribution in [0, 0.1) is 0 Å². The van der Waals surface area contributed by atoms with Crippen molar-refractivity contribution in [2.75, 3.05) is 0 Å². The summed E-state index contributed by atoms with van der Waals surface area (Å²) in [6.45, 7) is 0. The Hall–Kier alpha value is -5.92. The summed E-state index contributed by atoms with van der Waals surface area (Å²) in [6.07, 6.45) is 0. The third kappa shape index (κ3) is 3.46. The molecule has 0 spiro atoms. The molecule has 1 aliphatic heterocycles. The Morgan fingerprint density at radius 2 is 1.02 bits per heavy atom. The first-order chi connectivity index (χ1) is 22.8. The number of hydrogen-bond donors (Lipinski definition) is 0. The maximum Gasteiger partial charge on any atom is 0.135 e. The maximum atomic E-state index is 6.43. The van der Waals surface area contributed by atoms with E-state index in [4.69, 9.17) is 4.74 Å². The Morgan fingerprint density at radius 1 is 0.348 bits per heavy atom. The second kappa shape index (κ2) is 9.54.